The van der Waals surface area contributed by atoms with Gasteiger partial charge < -0.3 is 26.0 Å². The summed E-state index contributed by atoms with van der Waals surface area (Å²) in [5.74, 6) is 0.478. The number of nitrogen functional groups attached to an aromatic ring is 1. The number of aliphatic hydroxyl groups is 1. The van der Waals surface area contributed by atoms with Crippen molar-refractivity contribution in [2.24, 2.45) is 0 Å². The molecule has 27 heavy (non-hydrogen) atoms. The Hall–Kier alpha value is -2.82. The van der Waals surface area contributed by atoms with E-state index in [0.29, 0.717) is 22.8 Å². The zero-order chi connectivity index (χ0) is 20.2. The lowest BCUT2D eigenvalue weighted by Crippen LogP contribution is -2.28. The number of nitrogens with one attached hydrogen (secondary N) is 2. The number of carbonyl (C=O) groups is 1. The summed E-state index contributed by atoms with van der Waals surface area (Å²) in [6.45, 7) is 6.28. The van der Waals surface area contributed by atoms with Gasteiger partial charge in [-0.15, -0.1) is 0 Å². The van der Waals surface area contributed by atoms with Gasteiger partial charge in [0.15, 0.2) is 16.9 Å². The number of anilines is 2. The first-order chi connectivity index (χ1) is 12.6. The van der Waals surface area contributed by atoms with Crippen LogP contribution < -0.4 is 16.4 Å². The first-order valence-corrected chi connectivity index (χ1v) is 8.97. The zero-order valence-corrected chi connectivity index (χ0v) is 15.7. The van der Waals surface area contributed by atoms with E-state index in [-0.39, 0.29) is 18.1 Å². The average Bonchev–Trinajstić information content (AvgIpc) is 2.61. The molecule has 0 saturated heterocycles. The smallest absolute Gasteiger partial charge is 0.323 e. The van der Waals surface area contributed by atoms with E-state index < -0.39 is 21.9 Å². The summed E-state index contributed by atoms with van der Waals surface area (Å²) in [6.07, 6.45) is 0. The van der Waals surface area contributed by atoms with Crippen molar-refractivity contribution in [3.63, 3.8) is 0 Å². The predicted molar refractivity (Wildman–Crippen MR) is 104 cm³/mol. The quantitative estimate of drug-likeness (QED) is 0.471. The Balaban J connectivity index is 2.24. The first kappa shape index (κ1) is 20.5. The third kappa shape index (κ3) is 5.09. The van der Waals surface area contributed by atoms with Gasteiger partial charge in [-0.25, -0.2) is 19.0 Å². The van der Waals surface area contributed by atoms with Gasteiger partial charge in [0.2, 0.25) is 0 Å². The van der Waals surface area contributed by atoms with Gasteiger partial charge in [0.05, 0.1) is 12.3 Å². The summed E-state index contributed by atoms with van der Waals surface area (Å²) >= 11 is -2.14. The zero-order valence-electron chi connectivity index (χ0n) is 14.9. The number of aliphatic hydroxyl groups excluding tert-OH is 1. The van der Waals surface area contributed by atoms with Gasteiger partial charge in [-0.1, -0.05) is 6.58 Å². The van der Waals surface area contributed by atoms with Crippen LogP contribution in [0.5, 0.6) is 0 Å². The summed E-state index contributed by atoms with van der Waals surface area (Å²) < 4.78 is 19.9. The lowest BCUT2D eigenvalue weighted by molar-refractivity contribution is 0.251. The molecule has 0 fully saturated rings. The fraction of sp³-hybridized carbons (Fsp3) is 0.235. The Morgan fingerprint density at radius 2 is 1.93 bits per heavy atom. The molecule has 0 spiro atoms. The highest BCUT2D eigenvalue weighted by Gasteiger charge is 2.30. The van der Waals surface area contributed by atoms with Crippen LogP contribution in [-0.4, -0.2) is 36.5 Å². The molecule has 1 aromatic heterocycles. The van der Waals surface area contributed by atoms with Crippen LogP contribution in [0.15, 0.2) is 42.6 Å². The van der Waals surface area contributed by atoms with Crippen LogP contribution >= 0.6 is 0 Å². The van der Waals surface area contributed by atoms with E-state index in [1.807, 2.05) is 0 Å². The van der Waals surface area contributed by atoms with Gasteiger partial charge in [0.1, 0.15) is 10.6 Å². The molecule has 1 atom stereocenters. The second kappa shape index (κ2) is 8.25. The third-order valence-electron chi connectivity index (χ3n) is 3.68. The van der Waals surface area contributed by atoms with Gasteiger partial charge >= 0.3 is 6.03 Å². The molecule has 0 bridgehead atoms. The molecule has 1 heterocycles. The lowest BCUT2D eigenvalue weighted by atomic mass is 10.1. The predicted octanol–water partition coefficient (Wildman–Crippen LogP) is 1.81. The number of rotatable bonds is 6. The number of benzene rings is 1. The Kier molecular flexibility index (Phi) is 6.26. The molecule has 0 aliphatic rings. The number of urea groups is 1. The van der Waals surface area contributed by atoms with Crippen molar-refractivity contribution in [3.8, 4) is 11.4 Å². The minimum Gasteiger partial charge on any atom is -0.390 e. The van der Waals surface area contributed by atoms with E-state index in [1.54, 1.807) is 38.1 Å². The molecule has 144 valence electrons. The van der Waals surface area contributed by atoms with Crippen LogP contribution in [0, 0.1) is 0 Å². The number of hydrogen-bond donors (Lipinski definition) is 5. The number of nitrogens with zero attached hydrogens (tertiary/aromatic N) is 2. The highest BCUT2D eigenvalue weighted by Crippen LogP contribution is 2.28. The van der Waals surface area contributed by atoms with Crippen molar-refractivity contribution in [2.45, 2.75) is 18.6 Å². The molecule has 6 N–H and O–H groups in total. The van der Waals surface area contributed by atoms with Gasteiger partial charge in [-0.05, 0) is 38.1 Å². The maximum absolute atomic E-state index is 11.7. The maximum atomic E-state index is 11.7. The topological polar surface area (TPSA) is 150 Å². The Morgan fingerprint density at radius 3 is 2.48 bits per heavy atom. The SMILES string of the molecule is C=C(CO)NC(=O)Nc1ccc(-c2nc(N)cc(C(C)(C)S(=O)O)n2)cc1. The molecule has 2 aromatic rings. The second-order valence-electron chi connectivity index (χ2n) is 6.18. The van der Waals surface area contributed by atoms with Crippen LogP contribution in [0.25, 0.3) is 11.4 Å². The molecule has 0 saturated carbocycles. The van der Waals surface area contributed by atoms with E-state index >= 15 is 0 Å². The molecule has 0 radical (unpaired) electrons. The van der Waals surface area contributed by atoms with Crippen LogP contribution in [-0.2, 0) is 15.8 Å². The van der Waals surface area contributed by atoms with Gasteiger partial charge in [0.25, 0.3) is 0 Å². The highest BCUT2D eigenvalue weighted by molar-refractivity contribution is 7.80. The second-order valence-corrected chi connectivity index (χ2v) is 7.70. The molecule has 1 unspecified atom stereocenters. The van der Waals surface area contributed by atoms with Crippen molar-refractivity contribution >= 4 is 28.6 Å². The third-order valence-corrected chi connectivity index (χ3v) is 4.76. The molecular formula is C17H21N5O4S. The molecular weight excluding hydrogens is 370 g/mol. The van der Waals surface area contributed by atoms with Crippen LogP contribution in [0.1, 0.15) is 19.5 Å². The number of carbonyl (C=O) groups excluding carboxylic acids is 1. The standard InChI is InChI=1S/C17H21N5O4S/c1-10(9-23)19-16(24)20-12-6-4-11(5-7-12)15-21-13(8-14(18)22-15)17(2,3)27(25)26/h4-8,23H,1,9H2,2-3H3,(H,25,26)(H2,18,21,22)(H2,19,20,24). The van der Waals surface area contributed by atoms with E-state index in [9.17, 15) is 13.6 Å². The largest absolute Gasteiger partial charge is 0.390 e. The maximum Gasteiger partial charge on any atom is 0.323 e. The van der Waals surface area contributed by atoms with Gasteiger partial charge in [-0.3, -0.25) is 0 Å². The number of nitrogens with two attached hydrogens (primary N) is 1. The summed E-state index contributed by atoms with van der Waals surface area (Å²) in [5.41, 5.74) is 7.46. The van der Waals surface area contributed by atoms with Crippen molar-refractivity contribution in [1.82, 2.24) is 15.3 Å². The van der Waals surface area contributed by atoms with Crippen LogP contribution in [0.3, 0.4) is 0 Å². The minimum atomic E-state index is -2.14. The molecule has 2 rings (SSSR count). The lowest BCUT2D eigenvalue weighted by Gasteiger charge is -2.20. The van der Waals surface area contributed by atoms with Crippen molar-refractivity contribution in [1.29, 1.82) is 0 Å². The number of amides is 2. The van der Waals surface area contributed by atoms with E-state index in [0.717, 1.165) is 0 Å². The van der Waals surface area contributed by atoms with Gasteiger partial charge in [-0.2, -0.15) is 0 Å². The fourth-order valence-corrected chi connectivity index (χ4v) is 2.34. The fourth-order valence-electron chi connectivity index (χ4n) is 2.06. The summed E-state index contributed by atoms with van der Waals surface area (Å²) in [4.78, 5) is 20.2. The minimum absolute atomic E-state index is 0.175. The van der Waals surface area contributed by atoms with Crippen molar-refractivity contribution in [3.05, 3.63) is 48.3 Å². The van der Waals surface area contributed by atoms with Gasteiger partial charge in [0, 0.05) is 23.0 Å². The summed E-state index contributed by atoms with van der Waals surface area (Å²) in [5, 5.41) is 13.8. The Morgan fingerprint density at radius 1 is 1.30 bits per heavy atom. The molecule has 9 nitrogen and oxygen atoms in total. The van der Waals surface area contributed by atoms with Crippen molar-refractivity contribution < 1.29 is 18.7 Å². The average molecular weight is 391 g/mol. The van der Waals surface area contributed by atoms with E-state index in [1.165, 1.54) is 6.07 Å². The van der Waals surface area contributed by atoms with E-state index in [2.05, 4.69) is 27.2 Å². The number of aromatic nitrogens is 2. The monoisotopic (exact) mass is 391 g/mol. The molecule has 1 aromatic carbocycles. The molecule has 0 aliphatic carbocycles. The first-order valence-electron chi connectivity index (χ1n) is 7.86. The van der Waals surface area contributed by atoms with E-state index in [4.69, 9.17) is 10.8 Å². The Bertz CT molecular complexity index is 883. The Labute approximate surface area is 159 Å². The molecule has 0 aliphatic heterocycles. The summed E-state index contributed by atoms with van der Waals surface area (Å²) in [6, 6.07) is 7.56. The van der Waals surface area contributed by atoms with Crippen LogP contribution in [0.4, 0.5) is 16.3 Å². The highest BCUT2D eigenvalue weighted by atomic mass is 32.2. The normalized spacial score (nSPS) is 12.3. The number of hydrogen-bond acceptors (Lipinski definition) is 6. The van der Waals surface area contributed by atoms with Crippen molar-refractivity contribution in [2.75, 3.05) is 17.7 Å². The van der Waals surface area contributed by atoms with Crippen LogP contribution in [0.2, 0.25) is 0 Å². The summed E-state index contributed by atoms with van der Waals surface area (Å²) in [7, 11) is 0. The molecule has 10 heteroatoms. The molecule has 2 amide bonds.